The summed E-state index contributed by atoms with van der Waals surface area (Å²) in [5.74, 6) is -0.544. The number of carbonyl (C=O) groups is 1. The van der Waals surface area contributed by atoms with Gasteiger partial charge < -0.3 is 19.5 Å². The summed E-state index contributed by atoms with van der Waals surface area (Å²) in [5.41, 5.74) is 0.439. The van der Waals surface area contributed by atoms with Gasteiger partial charge in [-0.15, -0.1) is 0 Å². The number of benzene rings is 1. The van der Waals surface area contributed by atoms with Gasteiger partial charge in [0, 0.05) is 45.4 Å². The van der Waals surface area contributed by atoms with E-state index < -0.39 is 6.10 Å². The van der Waals surface area contributed by atoms with Crippen molar-refractivity contribution in [1.82, 2.24) is 9.80 Å². The lowest BCUT2D eigenvalue weighted by molar-refractivity contribution is -0.0503. The molecule has 2 rings (SSSR count). The summed E-state index contributed by atoms with van der Waals surface area (Å²) in [5, 5.41) is 9.55. The minimum atomic E-state index is -0.399. The van der Waals surface area contributed by atoms with Crippen LogP contribution in [0.5, 0.6) is 0 Å². The Morgan fingerprint density at radius 2 is 2.20 bits per heavy atom. The first-order chi connectivity index (χ1) is 12.0. The number of morpholine rings is 1. The number of rotatable bonds is 8. The highest BCUT2D eigenvalue weighted by molar-refractivity contribution is 5.94. The molecule has 0 saturated carbocycles. The Morgan fingerprint density at radius 1 is 1.48 bits per heavy atom. The van der Waals surface area contributed by atoms with Crippen LogP contribution in [0.25, 0.3) is 0 Å². The minimum absolute atomic E-state index is 0.131. The summed E-state index contributed by atoms with van der Waals surface area (Å²) in [6.07, 6.45) is -0.530. The minimum Gasteiger partial charge on any atom is -0.392 e. The third-order valence-electron chi connectivity index (χ3n) is 4.11. The summed E-state index contributed by atoms with van der Waals surface area (Å²) in [4.78, 5) is 16.5. The van der Waals surface area contributed by atoms with Crippen LogP contribution >= 0.6 is 0 Å². The van der Waals surface area contributed by atoms with Crippen molar-refractivity contribution in [1.29, 1.82) is 0 Å². The zero-order chi connectivity index (χ0) is 18.2. The maximum absolute atomic E-state index is 13.1. The fourth-order valence-corrected chi connectivity index (χ4v) is 2.93. The van der Waals surface area contributed by atoms with E-state index in [2.05, 4.69) is 4.90 Å². The largest absolute Gasteiger partial charge is 0.392 e. The fourth-order valence-electron chi connectivity index (χ4n) is 2.93. The van der Waals surface area contributed by atoms with Gasteiger partial charge in [-0.05, 0) is 31.2 Å². The third kappa shape index (κ3) is 6.36. The number of β-amino-alcohol motifs (C(OH)–C–C–N with tert-alkyl or cyclic N) is 1. The molecule has 1 fully saturated rings. The standard InChI is InChI=1S/C18H27FN2O4/c1-14(22)11-20-7-10-25-17(12-20)13-21(8-9-24-2)18(23)15-3-5-16(19)6-4-15/h3-6,14,17,22H,7-13H2,1-2H3/t14-,17+/m0/s1. The molecule has 1 saturated heterocycles. The Morgan fingerprint density at radius 3 is 2.84 bits per heavy atom. The number of methoxy groups -OCH3 is 1. The van der Waals surface area contributed by atoms with E-state index in [0.717, 1.165) is 6.54 Å². The first kappa shape index (κ1) is 19.8. The molecule has 2 atom stereocenters. The van der Waals surface area contributed by atoms with Gasteiger partial charge in [0.25, 0.3) is 5.91 Å². The van der Waals surface area contributed by atoms with Crippen molar-refractivity contribution in [3.05, 3.63) is 35.6 Å². The van der Waals surface area contributed by atoms with Crippen LogP contribution in [0.2, 0.25) is 0 Å². The van der Waals surface area contributed by atoms with E-state index in [-0.39, 0.29) is 17.8 Å². The Labute approximate surface area is 148 Å². The molecule has 1 aliphatic heterocycles. The van der Waals surface area contributed by atoms with Crippen LogP contribution in [0.3, 0.4) is 0 Å². The molecule has 25 heavy (non-hydrogen) atoms. The lowest BCUT2D eigenvalue weighted by Crippen LogP contribution is -2.50. The number of nitrogens with zero attached hydrogens (tertiary/aromatic N) is 2. The molecule has 6 nitrogen and oxygen atoms in total. The van der Waals surface area contributed by atoms with Gasteiger partial charge >= 0.3 is 0 Å². The number of halogens is 1. The average molecular weight is 354 g/mol. The molecule has 1 amide bonds. The highest BCUT2D eigenvalue weighted by atomic mass is 19.1. The molecule has 1 aromatic carbocycles. The quantitative estimate of drug-likeness (QED) is 0.755. The van der Waals surface area contributed by atoms with Gasteiger partial charge in [0.1, 0.15) is 5.82 Å². The summed E-state index contributed by atoms with van der Waals surface area (Å²) in [6, 6.07) is 5.53. The van der Waals surface area contributed by atoms with Crippen LogP contribution in [-0.2, 0) is 9.47 Å². The van der Waals surface area contributed by atoms with E-state index >= 15 is 0 Å². The molecular weight excluding hydrogens is 327 g/mol. The van der Waals surface area contributed by atoms with Crippen molar-refractivity contribution in [3.8, 4) is 0 Å². The molecule has 0 bridgehead atoms. The van der Waals surface area contributed by atoms with E-state index in [1.54, 1.807) is 18.9 Å². The van der Waals surface area contributed by atoms with Crippen LogP contribution in [-0.4, -0.2) is 86.1 Å². The predicted octanol–water partition coefficient (Wildman–Crippen LogP) is 0.996. The molecule has 1 aliphatic rings. The Hall–Kier alpha value is -1.54. The van der Waals surface area contributed by atoms with Crippen LogP contribution in [0.1, 0.15) is 17.3 Å². The second-order valence-electron chi connectivity index (χ2n) is 6.35. The van der Waals surface area contributed by atoms with E-state index in [0.29, 0.717) is 45.0 Å². The predicted molar refractivity (Wildman–Crippen MR) is 92.0 cm³/mol. The number of hydrogen-bond acceptors (Lipinski definition) is 5. The van der Waals surface area contributed by atoms with Gasteiger partial charge in [-0.2, -0.15) is 0 Å². The number of aliphatic hydroxyl groups excluding tert-OH is 1. The second kappa shape index (κ2) is 9.82. The van der Waals surface area contributed by atoms with Gasteiger partial charge in [-0.25, -0.2) is 4.39 Å². The third-order valence-corrected chi connectivity index (χ3v) is 4.11. The lowest BCUT2D eigenvalue weighted by Gasteiger charge is -2.36. The van der Waals surface area contributed by atoms with Gasteiger partial charge in [0.05, 0.1) is 25.4 Å². The zero-order valence-corrected chi connectivity index (χ0v) is 14.9. The molecule has 7 heteroatoms. The maximum atomic E-state index is 13.1. The molecule has 0 unspecified atom stereocenters. The van der Waals surface area contributed by atoms with Crippen LogP contribution in [0, 0.1) is 5.82 Å². The average Bonchev–Trinajstić information content (AvgIpc) is 2.58. The highest BCUT2D eigenvalue weighted by Crippen LogP contribution is 2.12. The summed E-state index contributed by atoms with van der Waals surface area (Å²) < 4.78 is 24.0. The van der Waals surface area contributed by atoms with Gasteiger partial charge in [-0.1, -0.05) is 0 Å². The monoisotopic (exact) mass is 354 g/mol. The zero-order valence-electron chi connectivity index (χ0n) is 14.9. The SMILES string of the molecule is COCCN(C[C@H]1CN(C[C@H](C)O)CCO1)C(=O)c1ccc(F)cc1. The Kier molecular flexibility index (Phi) is 7.77. The molecule has 1 heterocycles. The van der Waals surface area contributed by atoms with Crippen LogP contribution in [0.15, 0.2) is 24.3 Å². The van der Waals surface area contributed by atoms with E-state index in [1.165, 1.54) is 24.3 Å². The van der Waals surface area contributed by atoms with Gasteiger partial charge in [-0.3, -0.25) is 9.69 Å². The number of aliphatic hydroxyl groups is 1. The number of ether oxygens (including phenoxy) is 2. The molecule has 0 spiro atoms. The van der Waals surface area contributed by atoms with Crippen LogP contribution in [0.4, 0.5) is 4.39 Å². The molecule has 140 valence electrons. The van der Waals surface area contributed by atoms with Gasteiger partial charge in [0.2, 0.25) is 0 Å². The molecule has 1 N–H and O–H groups in total. The normalized spacial score (nSPS) is 19.6. The van der Waals surface area contributed by atoms with E-state index in [4.69, 9.17) is 9.47 Å². The Balaban J connectivity index is 2.01. The topological polar surface area (TPSA) is 62.2 Å². The first-order valence-electron chi connectivity index (χ1n) is 8.55. The van der Waals surface area contributed by atoms with Crippen molar-refractivity contribution in [3.63, 3.8) is 0 Å². The number of carbonyl (C=O) groups excluding carboxylic acids is 1. The fraction of sp³-hybridized carbons (Fsp3) is 0.611. The first-order valence-corrected chi connectivity index (χ1v) is 8.55. The Bertz CT molecular complexity index is 538. The number of amides is 1. The summed E-state index contributed by atoms with van der Waals surface area (Å²) in [6.45, 7) is 5.61. The van der Waals surface area contributed by atoms with Crippen molar-refractivity contribution in [2.24, 2.45) is 0 Å². The van der Waals surface area contributed by atoms with Crippen molar-refractivity contribution in [2.45, 2.75) is 19.1 Å². The smallest absolute Gasteiger partial charge is 0.254 e. The molecular formula is C18H27FN2O4. The van der Waals surface area contributed by atoms with Gasteiger partial charge in [0.15, 0.2) is 0 Å². The lowest BCUT2D eigenvalue weighted by atomic mass is 10.1. The second-order valence-corrected chi connectivity index (χ2v) is 6.35. The molecule has 1 aromatic rings. The van der Waals surface area contributed by atoms with E-state index in [1.807, 2.05) is 0 Å². The number of hydrogen-bond donors (Lipinski definition) is 1. The van der Waals surface area contributed by atoms with Crippen molar-refractivity contribution >= 4 is 5.91 Å². The molecule has 0 aliphatic carbocycles. The maximum Gasteiger partial charge on any atom is 0.254 e. The van der Waals surface area contributed by atoms with Crippen molar-refractivity contribution < 1.29 is 23.8 Å². The van der Waals surface area contributed by atoms with E-state index in [9.17, 15) is 14.3 Å². The molecule has 0 radical (unpaired) electrons. The highest BCUT2D eigenvalue weighted by Gasteiger charge is 2.26. The summed E-state index contributed by atoms with van der Waals surface area (Å²) >= 11 is 0. The van der Waals surface area contributed by atoms with Crippen LogP contribution < -0.4 is 0 Å². The van der Waals surface area contributed by atoms with Crippen molar-refractivity contribution in [2.75, 3.05) is 53.0 Å². The molecule has 0 aromatic heterocycles. The summed E-state index contributed by atoms with van der Waals surface area (Å²) in [7, 11) is 1.59.